The van der Waals surface area contributed by atoms with Crippen LogP contribution >= 0.6 is 0 Å². The number of ether oxygens (including phenoxy) is 2. The lowest BCUT2D eigenvalue weighted by molar-refractivity contribution is 0.0312. The van der Waals surface area contributed by atoms with Crippen LogP contribution in [0, 0.1) is 0 Å². The fraction of sp³-hybridized carbons (Fsp3) is 0.462. The number of methoxy groups -OCH3 is 2. The predicted molar refractivity (Wildman–Crippen MR) is 69.6 cm³/mol. The van der Waals surface area contributed by atoms with Gasteiger partial charge in [-0.2, -0.15) is 0 Å². The van der Waals surface area contributed by atoms with E-state index in [4.69, 9.17) is 9.47 Å². The van der Waals surface area contributed by atoms with Crippen molar-refractivity contribution in [3.8, 4) is 17.2 Å². The molecule has 2 unspecified atom stereocenters. The maximum Gasteiger partial charge on any atom is 0.336 e. The van der Waals surface area contributed by atoms with Crippen molar-refractivity contribution in [1.29, 1.82) is 0 Å². The largest absolute Gasteiger partial charge is 0.502 e. The van der Waals surface area contributed by atoms with E-state index in [9.17, 15) is 25.2 Å². The van der Waals surface area contributed by atoms with Crippen LogP contribution < -0.4 is 9.47 Å². The number of carbonyl (C=O) groups is 1. The third-order valence-corrected chi connectivity index (χ3v) is 2.95. The molecule has 1 aromatic rings. The monoisotopic (exact) mass is 286 g/mol. The van der Waals surface area contributed by atoms with Crippen molar-refractivity contribution in [3.63, 3.8) is 0 Å². The number of carboxylic acid groups (broad SMARTS) is 1. The molecule has 20 heavy (non-hydrogen) atoms. The molecule has 2 atom stereocenters. The van der Waals surface area contributed by atoms with Crippen LogP contribution in [-0.2, 0) is 6.42 Å². The molecule has 0 radical (unpaired) electrons. The van der Waals surface area contributed by atoms with E-state index in [1.54, 1.807) is 0 Å². The number of benzene rings is 1. The summed E-state index contributed by atoms with van der Waals surface area (Å²) >= 11 is 0. The van der Waals surface area contributed by atoms with Crippen molar-refractivity contribution in [2.24, 2.45) is 0 Å². The quantitative estimate of drug-likeness (QED) is 0.597. The Morgan fingerprint density at radius 1 is 1.30 bits per heavy atom. The van der Waals surface area contributed by atoms with Crippen LogP contribution in [0.15, 0.2) is 6.07 Å². The highest BCUT2D eigenvalue weighted by Crippen LogP contribution is 2.41. The Morgan fingerprint density at radius 2 is 1.90 bits per heavy atom. The maximum atomic E-state index is 11.3. The van der Waals surface area contributed by atoms with Crippen LogP contribution in [0.5, 0.6) is 17.2 Å². The highest BCUT2D eigenvalue weighted by atomic mass is 16.5. The molecule has 112 valence electrons. The Morgan fingerprint density at radius 3 is 2.30 bits per heavy atom. The molecule has 1 aromatic carbocycles. The molecular formula is C13H18O7. The fourth-order valence-electron chi connectivity index (χ4n) is 1.81. The number of phenolic OH excluding ortho intramolecular Hbond substituents is 1. The molecule has 0 saturated heterocycles. The van der Waals surface area contributed by atoms with Crippen LogP contribution in [0.2, 0.25) is 0 Å². The Balaban J connectivity index is 3.45. The van der Waals surface area contributed by atoms with E-state index in [1.807, 2.05) is 0 Å². The lowest BCUT2D eigenvalue weighted by atomic mass is 9.97. The number of phenols is 1. The fourth-order valence-corrected chi connectivity index (χ4v) is 1.81. The first-order valence-corrected chi connectivity index (χ1v) is 5.89. The van der Waals surface area contributed by atoms with Crippen molar-refractivity contribution in [2.75, 3.05) is 14.2 Å². The summed E-state index contributed by atoms with van der Waals surface area (Å²) in [5.74, 6) is -1.75. The van der Waals surface area contributed by atoms with Crippen LogP contribution in [0.1, 0.15) is 22.8 Å². The first-order chi connectivity index (χ1) is 9.33. The second-order valence-electron chi connectivity index (χ2n) is 4.30. The number of aliphatic hydroxyl groups excluding tert-OH is 2. The summed E-state index contributed by atoms with van der Waals surface area (Å²) in [6, 6.07) is 1.14. The molecule has 0 spiro atoms. The number of hydrogen-bond acceptors (Lipinski definition) is 6. The van der Waals surface area contributed by atoms with Gasteiger partial charge in [-0.15, -0.1) is 0 Å². The van der Waals surface area contributed by atoms with Crippen molar-refractivity contribution in [1.82, 2.24) is 0 Å². The second-order valence-corrected chi connectivity index (χ2v) is 4.30. The molecule has 0 bridgehead atoms. The number of hydrogen-bond donors (Lipinski definition) is 4. The summed E-state index contributed by atoms with van der Waals surface area (Å²) in [5, 5.41) is 38.2. The normalized spacial score (nSPS) is 13.7. The van der Waals surface area contributed by atoms with Crippen molar-refractivity contribution < 1.29 is 34.7 Å². The molecule has 7 heteroatoms. The summed E-state index contributed by atoms with van der Waals surface area (Å²) in [6.45, 7) is 1.38. The lowest BCUT2D eigenvalue weighted by Crippen LogP contribution is -2.26. The highest BCUT2D eigenvalue weighted by molar-refractivity contribution is 5.92. The van der Waals surface area contributed by atoms with Gasteiger partial charge in [-0.3, -0.25) is 0 Å². The molecule has 4 N–H and O–H groups in total. The van der Waals surface area contributed by atoms with Crippen LogP contribution in [0.4, 0.5) is 0 Å². The van der Waals surface area contributed by atoms with Gasteiger partial charge in [0.05, 0.1) is 32.0 Å². The molecule has 7 nitrogen and oxygen atoms in total. The van der Waals surface area contributed by atoms with Gasteiger partial charge in [-0.05, 0) is 13.0 Å². The number of rotatable bonds is 6. The number of aliphatic hydroxyl groups is 2. The number of carboxylic acids is 1. The zero-order valence-corrected chi connectivity index (χ0v) is 11.5. The Bertz CT molecular complexity index is 496. The van der Waals surface area contributed by atoms with Gasteiger partial charge < -0.3 is 29.9 Å². The van der Waals surface area contributed by atoms with Gasteiger partial charge >= 0.3 is 5.97 Å². The highest BCUT2D eigenvalue weighted by Gasteiger charge is 2.25. The molecule has 0 aliphatic heterocycles. The van der Waals surface area contributed by atoms with Gasteiger partial charge in [-0.25, -0.2) is 4.79 Å². The molecule has 0 aliphatic carbocycles. The average Bonchev–Trinajstić information content (AvgIpc) is 2.38. The molecule has 0 heterocycles. The third-order valence-electron chi connectivity index (χ3n) is 2.95. The number of aromatic carboxylic acids is 1. The minimum absolute atomic E-state index is 0.0467. The van der Waals surface area contributed by atoms with Gasteiger partial charge in [0.2, 0.25) is 5.75 Å². The summed E-state index contributed by atoms with van der Waals surface area (Å²) < 4.78 is 9.88. The minimum atomic E-state index is -1.26. The summed E-state index contributed by atoms with van der Waals surface area (Å²) in [6.07, 6.45) is -2.42. The first-order valence-electron chi connectivity index (χ1n) is 5.89. The zero-order chi connectivity index (χ0) is 15.4. The van der Waals surface area contributed by atoms with Gasteiger partial charge in [0.15, 0.2) is 11.5 Å². The average molecular weight is 286 g/mol. The van der Waals surface area contributed by atoms with E-state index >= 15 is 0 Å². The zero-order valence-electron chi connectivity index (χ0n) is 11.5. The van der Waals surface area contributed by atoms with E-state index in [1.165, 1.54) is 21.1 Å². The number of aromatic hydroxyl groups is 1. The molecule has 0 aromatic heterocycles. The molecule has 0 fully saturated rings. The summed E-state index contributed by atoms with van der Waals surface area (Å²) in [4.78, 5) is 11.3. The van der Waals surface area contributed by atoms with Gasteiger partial charge in [0.25, 0.3) is 0 Å². The van der Waals surface area contributed by atoms with E-state index in [2.05, 4.69) is 0 Å². The molecule has 1 rings (SSSR count). The van der Waals surface area contributed by atoms with Gasteiger partial charge in [0, 0.05) is 12.0 Å². The SMILES string of the molecule is COc1cc(C(=O)O)c(CC(O)C(C)O)c(OC)c1O. The smallest absolute Gasteiger partial charge is 0.336 e. The summed E-state index contributed by atoms with van der Waals surface area (Å²) in [5.41, 5.74) is -0.0806. The van der Waals surface area contributed by atoms with Crippen molar-refractivity contribution in [2.45, 2.75) is 25.6 Å². The van der Waals surface area contributed by atoms with E-state index in [0.717, 1.165) is 6.07 Å². The third kappa shape index (κ3) is 3.12. The van der Waals surface area contributed by atoms with Crippen molar-refractivity contribution in [3.05, 3.63) is 17.2 Å². The van der Waals surface area contributed by atoms with E-state index in [0.29, 0.717) is 0 Å². The first kappa shape index (κ1) is 16.1. The Kier molecular flexibility index (Phi) is 5.18. The standard InChI is InChI=1S/C13H18O7/c1-6(14)9(15)4-7-8(13(17)18)5-10(19-2)11(16)12(7)20-3/h5-6,9,14-16H,4H2,1-3H3,(H,17,18). The minimum Gasteiger partial charge on any atom is -0.502 e. The van der Waals surface area contributed by atoms with E-state index in [-0.39, 0.29) is 34.8 Å². The summed E-state index contributed by atoms with van der Waals surface area (Å²) in [7, 11) is 2.54. The molecule has 0 amide bonds. The van der Waals surface area contributed by atoms with E-state index < -0.39 is 18.2 Å². The lowest BCUT2D eigenvalue weighted by Gasteiger charge is -2.19. The Labute approximate surface area is 116 Å². The topological polar surface area (TPSA) is 116 Å². The molecular weight excluding hydrogens is 268 g/mol. The molecule has 0 aliphatic rings. The van der Waals surface area contributed by atoms with Gasteiger partial charge in [-0.1, -0.05) is 0 Å². The van der Waals surface area contributed by atoms with Crippen LogP contribution in [0.25, 0.3) is 0 Å². The second kappa shape index (κ2) is 6.44. The van der Waals surface area contributed by atoms with Crippen molar-refractivity contribution >= 4 is 5.97 Å². The molecule has 0 saturated carbocycles. The van der Waals surface area contributed by atoms with Crippen LogP contribution in [-0.4, -0.2) is 52.8 Å². The predicted octanol–water partition coefficient (Wildman–Crippen LogP) is 0.392. The maximum absolute atomic E-state index is 11.3. The van der Waals surface area contributed by atoms with Crippen LogP contribution in [0.3, 0.4) is 0 Å². The van der Waals surface area contributed by atoms with Gasteiger partial charge in [0.1, 0.15) is 0 Å². The Hall–Kier alpha value is -1.99.